The first kappa shape index (κ1) is 15.3. The topological polar surface area (TPSA) is 27.7 Å². The van der Waals surface area contributed by atoms with Crippen molar-refractivity contribution in [2.45, 2.75) is 52.4 Å². The van der Waals surface area contributed by atoms with Crippen molar-refractivity contribution in [2.24, 2.45) is 0 Å². The van der Waals surface area contributed by atoms with Gasteiger partial charge in [0.15, 0.2) is 0 Å². The van der Waals surface area contributed by atoms with Gasteiger partial charge in [-0.15, -0.1) is 0 Å². The smallest absolute Gasteiger partial charge is 0.435 e. The molecule has 1 fully saturated rings. The van der Waals surface area contributed by atoms with Gasteiger partial charge in [0.05, 0.1) is 11.2 Å². The van der Waals surface area contributed by atoms with E-state index in [4.69, 9.17) is 9.31 Å². The van der Waals surface area contributed by atoms with Gasteiger partial charge in [0, 0.05) is 0 Å². The van der Waals surface area contributed by atoms with Crippen LogP contribution in [0.15, 0.2) is 18.2 Å². The summed E-state index contributed by atoms with van der Waals surface area (Å²) >= 11 is 0. The van der Waals surface area contributed by atoms with E-state index in [9.17, 15) is 8.78 Å². The summed E-state index contributed by atoms with van der Waals surface area (Å²) < 4.78 is 41.0. The molecule has 0 atom stereocenters. The summed E-state index contributed by atoms with van der Waals surface area (Å²) in [6.45, 7) is 6.64. The van der Waals surface area contributed by atoms with Crippen LogP contribution in [0.2, 0.25) is 0 Å². The van der Waals surface area contributed by atoms with Gasteiger partial charge in [0.25, 0.3) is 0 Å². The molecule has 0 amide bonds. The van der Waals surface area contributed by atoms with E-state index in [1.807, 2.05) is 27.7 Å². The van der Waals surface area contributed by atoms with Crippen LogP contribution >= 0.6 is 0 Å². The van der Waals surface area contributed by atoms with Crippen molar-refractivity contribution >= 4 is 12.6 Å². The average Bonchev–Trinajstić information content (AvgIpc) is 2.50. The number of benzene rings is 1. The third-order valence-electron chi connectivity index (χ3n) is 3.95. The molecule has 0 aliphatic carbocycles. The van der Waals surface area contributed by atoms with Gasteiger partial charge in [-0.05, 0) is 51.7 Å². The predicted octanol–water partition coefficient (Wildman–Crippen LogP) is 2.90. The zero-order valence-electron chi connectivity index (χ0n) is 12.4. The molecule has 0 radical (unpaired) electrons. The van der Waals surface area contributed by atoms with Gasteiger partial charge in [-0.1, -0.05) is 12.1 Å². The third-order valence-corrected chi connectivity index (χ3v) is 3.95. The molecule has 0 N–H and O–H groups in total. The first-order valence-electron chi connectivity index (χ1n) is 6.53. The maximum absolute atomic E-state index is 12.4. The molecule has 110 valence electrons. The molecular formula is C14H19BF2O3. The van der Waals surface area contributed by atoms with E-state index >= 15 is 0 Å². The zero-order chi connectivity index (χ0) is 15.1. The Morgan fingerprint density at radius 3 is 2.15 bits per heavy atom. The molecule has 0 aromatic heterocycles. The minimum absolute atomic E-state index is 0.146. The number of hydrogen-bond acceptors (Lipinski definition) is 3. The second-order valence-corrected chi connectivity index (χ2v) is 5.99. The summed E-state index contributed by atoms with van der Waals surface area (Å²) in [6.07, 6.45) is 0. The summed E-state index contributed by atoms with van der Waals surface area (Å²) in [5.74, 6) is 0.146. The van der Waals surface area contributed by atoms with E-state index in [-0.39, 0.29) is 5.75 Å². The SMILES string of the molecule is Cc1ccc(B2OC(C)(C)C(C)(C)O2)cc1OC(F)F. The molecule has 1 aromatic carbocycles. The number of hydrogen-bond donors (Lipinski definition) is 0. The molecule has 0 bridgehead atoms. The van der Waals surface area contributed by atoms with Crippen LogP contribution in [-0.2, 0) is 9.31 Å². The van der Waals surface area contributed by atoms with E-state index in [1.165, 1.54) is 0 Å². The van der Waals surface area contributed by atoms with Gasteiger partial charge in [0.1, 0.15) is 5.75 Å². The number of rotatable bonds is 3. The summed E-state index contributed by atoms with van der Waals surface area (Å²) in [5.41, 5.74) is 0.383. The van der Waals surface area contributed by atoms with Crippen LogP contribution in [-0.4, -0.2) is 24.9 Å². The highest BCUT2D eigenvalue weighted by atomic mass is 19.3. The van der Waals surface area contributed by atoms with Crippen LogP contribution in [0, 0.1) is 6.92 Å². The van der Waals surface area contributed by atoms with Crippen molar-refractivity contribution in [1.29, 1.82) is 0 Å². The van der Waals surface area contributed by atoms with Crippen molar-refractivity contribution in [3.63, 3.8) is 0 Å². The molecule has 1 heterocycles. The number of ether oxygens (including phenoxy) is 1. The van der Waals surface area contributed by atoms with Gasteiger partial charge in [-0.25, -0.2) is 0 Å². The van der Waals surface area contributed by atoms with Crippen LogP contribution < -0.4 is 10.2 Å². The van der Waals surface area contributed by atoms with Gasteiger partial charge >= 0.3 is 13.7 Å². The van der Waals surface area contributed by atoms with E-state index in [1.54, 1.807) is 25.1 Å². The quantitative estimate of drug-likeness (QED) is 0.799. The first-order valence-corrected chi connectivity index (χ1v) is 6.53. The molecule has 0 unspecified atom stereocenters. The maximum atomic E-state index is 12.4. The normalized spacial score (nSPS) is 20.5. The highest BCUT2D eigenvalue weighted by molar-refractivity contribution is 6.62. The summed E-state index contributed by atoms with van der Waals surface area (Å²) in [5, 5.41) is 0. The van der Waals surface area contributed by atoms with Gasteiger partial charge in [-0.3, -0.25) is 0 Å². The maximum Gasteiger partial charge on any atom is 0.494 e. The van der Waals surface area contributed by atoms with Gasteiger partial charge in [0.2, 0.25) is 0 Å². The van der Waals surface area contributed by atoms with Crippen molar-refractivity contribution < 1.29 is 22.8 Å². The Morgan fingerprint density at radius 1 is 1.10 bits per heavy atom. The molecule has 6 heteroatoms. The molecule has 1 aliphatic rings. The molecule has 1 saturated heterocycles. The fourth-order valence-corrected chi connectivity index (χ4v) is 1.97. The molecule has 0 saturated carbocycles. The lowest BCUT2D eigenvalue weighted by Gasteiger charge is -2.32. The summed E-state index contributed by atoms with van der Waals surface area (Å²) in [4.78, 5) is 0. The van der Waals surface area contributed by atoms with Crippen LogP contribution in [0.4, 0.5) is 8.78 Å². The Labute approximate surface area is 118 Å². The average molecular weight is 284 g/mol. The van der Waals surface area contributed by atoms with E-state index in [0.29, 0.717) is 11.0 Å². The lowest BCUT2D eigenvalue weighted by molar-refractivity contribution is -0.0502. The highest BCUT2D eigenvalue weighted by Gasteiger charge is 2.51. The lowest BCUT2D eigenvalue weighted by Crippen LogP contribution is -2.41. The van der Waals surface area contributed by atoms with Crippen LogP contribution in [0.25, 0.3) is 0 Å². The van der Waals surface area contributed by atoms with Crippen LogP contribution in [0.3, 0.4) is 0 Å². The van der Waals surface area contributed by atoms with E-state index < -0.39 is 24.9 Å². The Balaban J connectivity index is 2.27. The standard InChI is InChI=1S/C14H19BF2O3/c1-9-6-7-10(8-11(9)18-12(16)17)15-19-13(2,3)14(4,5)20-15/h6-8,12H,1-5H3. The molecule has 0 spiro atoms. The zero-order valence-corrected chi connectivity index (χ0v) is 12.4. The molecule has 2 rings (SSSR count). The summed E-state index contributed by atoms with van der Waals surface area (Å²) in [7, 11) is -0.583. The van der Waals surface area contributed by atoms with Crippen LogP contribution in [0.1, 0.15) is 33.3 Å². The second-order valence-electron chi connectivity index (χ2n) is 5.99. The van der Waals surface area contributed by atoms with Gasteiger partial charge < -0.3 is 14.0 Å². The Bertz CT molecular complexity index is 487. The second kappa shape index (κ2) is 5.00. The Hall–Kier alpha value is -1.14. The first-order chi connectivity index (χ1) is 9.12. The Kier molecular flexibility index (Phi) is 3.82. The minimum atomic E-state index is -2.85. The van der Waals surface area contributed by atoms with Crippen molar-refractivity contribution in [3.05, 3.63) is 23.8 Å². The highest BCUT2D eigenvalue weighted by Crippen LogP contribution is 2.36. The minimum Gasteiger partial charge on any atom is -0.435 e. The molecular weight excluding hydrogens is 265 g/mol. The number of alkyl halides is 2. The van der Waals surface area contributed by atoms with E-state index in [0.717, 1.165) is 0 Å². The molecule has 1 aliphatic heterocycles. The van der Waals surface area contributed by atoms with Crippen molar-refractivity contribution in [2.75, 3.05) is 0 Å². The lowest BCUT2D eigenvalue weighted by atomic mass is 9.78. The number of halogens is 2. The summed E-state index contributed by atoms with van der Waals surface area (Å²) in [6, 6.07) is 5.07. The van der Waals surface area contributed by atoms with Crippen molar-refractivity contribution in [3.8, 4) is 5.75 Å². The molecule has 20 heavy (non-hydrogen) atoms. The monoisotopic (exact) mass is 284 g/mol. The fraction of sp³-hybridized carbons (Fsp3) is 0.571. The third kappa shape index (κ3) is 2.81. The number of aryl methyl sites for hydroxylation is 1. The van der Waals surface area contributed by atoms with E-state index in [2.05, 4.69) is 4.74 Å². The van der Waals surface area contributed by atoms with Crippen LogP contribution in [0.5, 0.6) is 5.75 Å². The Morgan fingerprint density at radius 2 is 1.65 bits per heavy atom. The fourth-order valence-electron chi connectivity index (χ4n) is 1.97. The molecule has 1 aromatic rings. The predicted molar refractivity (Wildman–Crippen MR) is 73.5 cm³/mol. The van der Waals surface area contributed by atoms with Crippen molar-refractivity contribution in [1.82, 2.24) is 0 Å². The van der Waals surface area contributed by atoms with Gasteiger partial charge in [-0.2, -0.15) is 8.78 Å². The molecule has 3 nitrogen and oxygen atoms in total. The largest absolute Gasteiger partial charge is 0.494 e.